The summed E-state index contributed by atoms with van der Waals surface area (Å²) in [6, 6.07) is 0. The van der Waals surface area contributed by atoms with Gasteiger partial charge in [-0.3, -0.25) is 9.59 Å². The van der Waals surface area contributed by atoms with Crippen molar-refractivity contribution in [1.82, 2.24) is 0 Å². The lowest BCUT2D eigenvalue weighted by Gasteiger charge is -2.15. The molecule has 0 rings (SSSR count). The molecule has 0 aromatic carbocycles. The van der Waals surface area contributed by atoms with Gasteiger partial charge in [0, 0.05) is 13.8 Å². The molecule has 2 atom stereocenters. The van der Waals surface area contributed by atoms with Crippen molar-refractivity contribution in [2.45, 2.75) is 111 Å². The third kappa shape index (κ3) is 17.3. The predicted molar refractivity (Wildman–Crippen MR) is 102 cm³/mol. The Morgan fingerprint density at radius 1 is 0.800 bits per heavy atom. The first kappa shape index (κ1) is 23.7. The number of allylic oxidation sites excluding steroid dienone is 2. The standard InChI is InChI=1S/C21H38O4/c1-5-15-21(25-20(4)23)17-14-12-10-8-6-7-9-11-13-16-18(2)24-19(3)22/h6,8,18,21H,5,7,9-17H2,1-4H3/b8-6-. The van der Waals surface area contributed by atoms with E-state index in [-0.39, 0.29) is 24.1 Å². The van der Waals surface area contributed by atoms with E-state index in [1.54, 1.807) is 0 Å². The molecule has 0 aliphatic carbocycles. The van der Waals surface area contributed by atoms with Gasteiger partial charge in [0.05, 0.1) is 6.10 Å². The second kappa shape index (κ2) is 16.2. The lowest BCUT2D eigenvalue weighted by molar-refractivity contribution is -0.147. The van der Waals surface area contributed by atoms with Crippen LogP contribution in [-0.2, 0) is 19.1 Å². The second-order valence-electron chi connectivity index (χ2n) is 6.83. The molecule has 0 saturated carbocycles. The fourth-order valence-corrected chi connectivity index (χ4v) is 2.90. The van der Waals surface area contributed by atoms with E-state index in [4.69, 9.17) is 9.47 Å². The molecular formula is C21H38O4. The quantitative estimate of drug-likeness (QED) is 0.214. The average molecular weight is 355 g/mol. The van der Waals surface area contributed by atoms with E-state index < -0.39 is 0 Å². The first-order valence-corrected chi connectivity index (χ1v) is 9.95. The second-order valence-corrected chi connectivity index (χ2v) is 6.83. The maximum atomic E-state index is 11.0. The molecule has 0 aromatic heterocycles. The Kier molecular flexibility index (Phi) is 15.3. The highest BCUT2D eigenvalue weighted by Crippen LogP contribution is 2.13. The summed E-state index contributed by atoms with van der Waals surface area (Å²) in [5, 5.41) is 0. The molecule has 0 spiro atoms. The maximum absolute atomic E-state index is 11.0. The van der Waals surface area contributed by atoms with E-state index in [1.807, 2.05) is 6.92 Å². The van der Waals surface area contributed by atoms with Crippen LogP contribution in [0.4, 0.5) is 0 Å². The van der Waals surface area contributed by atoms with Crippen molar-refractivity contribution in [2.75, 3.05) is 0 Å². The first-order chi connectivity index (χ1) is 12.0. The molecular weight excluding hydrogens is 316 g/mol. The van der Waals surface area contributed by atoms with Gasteiger partial charge in [0.1, 0.15) is 6.10 Å². The highest BCUT2D eigenvalue weighted by atomic mass is 16.5. The Labute approximate surface area is 154 Å². The Hall–Kier alpha value is -1.32. The molecule has 25 heavy (non-hydrogen) atoms. The maximum Gasteiger partial charge on any atom is 0.302 e. The zero-order valence-corrected chi connectivity index (χ0v) is 16.7. The molecule has 0 aromatic rings. The summed E-state index contributed by atoms with van der Waals surface area (Å²) in [6.07, 6.45) is 16.6. The van der Waals surface area contributed by atoms with Crippen LogP contribution in [0.25, 0.3) is 0 Å². The van der Waals surface area contributed by atoms with Gasteiger partial charge in [-0.1, -0.05) is 31.9 Å². The Morgan fingerprint density at radius 3 is 1.92 bits per heavy atom. The lowest BCUT2D eigenvalue weighted by atomic mass is 10.1. The van der Waals surface area contributed by atoms with Gasteiger partial charge in [0.15, 0.2) is 0 Å². The molecule has 146 valence electrons. The van der Waals surface area contributed by atoms with Crippen LogP contribution in [-0.4, -0.2) is 24.1 Å². The van der Waals surface area contributed by atoms with Crippen LogP contribution in [0.3, 0.4) is 0 Å². The molecule has 0 aliphatic heterocycles. The smallest absolute Gasteiger partial charge is 0.302 e. The van der Waals surface area contributed by atoms with Crippen LogP contribution in [0.15, 0.2) is 12.2 Å². The van der Waals surface area contributed by atoms with E-state index >= 15 is 0 Å². The normalized spacial score (nSPS) is 13.6. The minimum Gasteiger partial charge on any atom is -0.463 e. The van der Waals surface area contributed by atoms with E-state index in [1.165, 1.54) is 26.7 Å². The highest BCUT2D eigenvalue weighted by molar-refractivity contribution is 5.66. The number of hydrogen-bond acceptors (Lipinski definition) is 4. The molecule has 0 bridgehead atoms. The molecule has 0 amide bonds. The van der Waals surface area contributed by atoms with Gasteiger partial charge in [0.25, 0.3) is 0 Å². The van der Waals surface area contributed by atoms with Gasteiger partial charge in [0.2, 0.25) is 0 Å². The number of esters is 2. The Balaban J connectivity index is 3.51. The van der Waals surface area contributed by atoms with Gasteiger partial charge < -0.3 is 9.47 Å². The van der Waals surface area contributed by atoms with Gasteiger partial charge >= 0.3 is 11.9 Å². The molecule has 0 saturated heterocycles. The van der Waals surface area contributed by atoms with Crippen LogP contribution in [0.5, 0.6) is 0 Å². The molecule has 0 aliphatic rings. The van der Waals surface area contributed by atoms with Crippen molar-refractivity contribution in [3.63, 3.8) is 0 Å². The number of unbranched alkanes of at least 4 members (excludes halogenated alkanes) is 5. The van der Waals surface area contributed by atoms with Gasteiger partial charge in [-0.2, -0.15) is 0 Å². The minimum atomic E-state index is -0.190. The minimum absolute atomic E-state index is 0.0385. The first-order valence-electron chi connectivity index (χ1n) is 9.95. The molecule has 0 fully saturated rings. The molecule has 0 N–H and O–H groups in total. The topological polar surface area (TPSA) is 52.6 Å². The summed E-state index contributed by atoms with van der Waals surface area (Å²) in [5.41, 5.74) is 0. The Morgan fingerprint density at radius 2 is 1.36 bits per heavy atom. The van der Waals surface area contributed by atoms with Crippen LogP contribution in [0, 0.1) is 0 Å². The molecule has 4 heteroatoms. The van der Waals surface area contributed by atoms with Crippen molar-refractivity contribution >= 4 is 11.9 Å². The fourth-order valence-electron chi connectivity index (χ4n) is 2.90. The fraction of sp³-hybridized carbons (Fsp3) is 0.810. The van der Waals surface area contributed by atoms with Crippen LogP contribution >= 0.6 is 0 Å². The number of carbonyl (C=O) groups is 2. The molecule has 2 unspecified atom stereocenters. The van der Waals surface area contributed by atoms with E-state index in [2.05, 4.69) is 19.1 Å². The zero-order chi connectivity index (χ0) is 18.9. The van der Waals surface area contributed by atoms with E-state index in [0.717, 1.165) is 57.8 Å². The summed E-state index contributed by atoms with van der Waals surface area (Å²) in [7, 11) is 0. The number of hydrogen-bond donors (Lipinski definition) is 0. The summed E-state index contributed by atoms with van der Waals surface area (Å²) >= 11 is 0. The number of rotatable bonds is 15. The largest absolute Gasteiger partial charge is 0.463 e. The SMILES string of the molecule is CCCC(CCCC/C=C\CCCCCC(C)OC(C)=O)OC(C)=O. The summed E-state index contributed by atoms with van der Waals surface area (Å²) in [6.45, 7) is 7.02. The highest BCUT2D eigenvalue weighted by Gasteiger charge is 2.10. The third-order valence-electron chi connectivity index (χ3n) is 4.11. The van der Waals surface area contributed by atoms with E-state index in [0.29, 0.717) is 0 Å². The molecule has 0 heterocycles. The van der Waals surface area contributed by atoms with Crippen molar-refractivity contribution in [2.24, 2.45) is 0 Å². The predicted octanol–water partition coefficient (Wildman–Crippen LogP) is 5.74. The van der Waals surface area contributed by atoms with Crippen molar-refractivity contribution in [3.05, 3.63) is 12.2 Å². The van der Waals surface area contributed by atoms with Crippen LogP contribution in [0.2, 0.25) is 0 Å². The van der Waals surface area contributed by atoms with Crippen LogP contribution in [0.1, 0.15) is 98.3 Å². The average Bonchev–Trinajstić information content (AvgIpc) is 2.51. The summed E-state index contributed by atoms with van der Waals surface area (Å²) < 4.78 is 10.4. The summed E-state index contributed by atoms with van der Waals surface area (Å²) in [5.74, 6) is -0.357. The monoisotopic (exact) mass is 354 g/mol. The van der Waals surface area contributed by atoms with E-state index in [9.17, 15) is 9.59 Å². The van der Waals surface area contributed by atoms with Gasteiger partial charge in [-0.25, -0.2) is 0 Å². The molecule has 4 nitrogen and oxygen atoms in total. The van der Waals surface area contributed by atoms with Crippen molar-refractivity contribution < 1.29 is 19.1 Å². The van der Waals surface area contributed by atoms with Gasteiger partial charge in [-0.15, -0.1) is 0 Å². The van der Waals surface area contributed by atoms with Crippen molar-refractivity contribution in [1.29, 1.82) is 0 Å². The number of ether oxygens (including phenoxy) is 2. The summed E-state index contributed by atoms with van der Waals surface area (Å²) in [4.78, 5) is 21.8. The number of carbonyl (C=O) groups excluding carboxylic acids is 2. The third-order valence-corrected chi connectivity index (χ3v) is 4.11. The zero-order valence-electron chi connectivity index (χ0n) is 16.7. The Bertz CT molecular complexity index is 376. The van der Waals surface area contributed by atoms with Crippen LogP contribution < -0.4 is 0 Å². The lowest BCUT2D eigenvalue weighted by Crippen LogP contribution is -2.15. The van der Waals surface area contributed by atoms with Crippen molar-refractivity contribution in [3.8, 4) is 0 Å². The van der Waals surface area contributed by atoms with Gasteiger partial charge in [-0.05, 0) is 64.7 Å². The molecule has 0 radical (unpaired) electrons.